The lowest BCUT2D eigenvalue weighted by molar-refractivity contribution is -0.170. The molecule has 0 fully saturated rings. The number of phosphoric ester groups is 1. The van der Waals surface area contributed by atoms with E-state index < -0.39 is 75.2 Å². The summed E-state index contributed by atoms with van der Waals surface area (Å²) >= 11 is 0. The molecule has 13 N–H and O–H groups in total. The van der Waals surface area contributed by atoms with Gasteiger partial charge in [0.15, 0.2) is 29.5 Å². The highest BCUT2D eigenvalue weighted by Gasteiger charge is 2.40. The number of nitrogen functional groups attached to an aromatic ring is 1. The van der Waals surface area contributed by atoms with Gasteiger partial charge in [0.1, 0.15) is 30.2 Å². The van der Waals surface area contributed by atoms with E-state index in [-0.39, 0.29) is 6.29 Å². The van der Waals surface area contributed by atoms with Crippen LogP contribution in [-0.2, 0) is 28.3 Å². The van der Waals surface area contributed by atoms with E-state index in [0.717, 1.165) is 0 Å². The molecule has 2 heterocycles. The number of rotatable bonds is 12. The molecule has 22 heteroatoms. The Morgan fingerprint density at radius 2 is 1.59 bits per heavy atom. The van der Waals surface area contributed by atoms with E-state index in [0.29, 0.717) is 17.0 Å². The zero-order chi connectivity index (χ0) is 30.6. The highest BCUT2D eigenvalue weighted by molar-refractivity contribution is 7.46. The monoisotopic (exact) mass is 587 g/mol. The van der Waals surface area contributed by atoms with Crippen molar-refractivity contribution in [3.63, 3.8) is 0 Å². The molecule has 0 aromatic carbocycles. The normalized spacial score (nSPS) is 14.4. The molecule has 0 radical (unpaired) electrons. The van der Waals surface area contributed by atoms with Crippen LogP contribution < -0.4 is 5.73 Å². The number of carboxylic acids is 3. The number of fused-ring (bicyclic) bond motifs is 1. The number of anilines is 1. The van der Waals surface area contributed by atoms with E-state index in [2.05, 4.69) is 24.5 Å². The molecule has 0 aliphatic carbocycles. The van der Waals surface area contributed by atoms with Crippen LogP contribution in [-0.4, -0.2) is 131 Å². The second kappa shape index (κ2) is 15.7. The number of aromatic nitrogens is 4. The maximum Gasteiger partial charge on any atom is 0.470 e. The van der Waals surface area contributed by atoms with Gasteiger partial charge in [-0.3, -0.25) is 14.1 Å². The zero-order valence-electron chi connectivity index (χ0n) is 19.5. The van der Waals surface area contributed by atoms with Gasteiger partial charge >= 0.3 is 25.7 Å². The molecule has 2 aromatic heterocycles. The Hall–Kier alpha value is -3.66. The molecule has 4 unspecified atom stereocenters. The zero-order valence-corrected chi connectivity index (χ0v) is 20.3. The number of aliphatic hydroxyl groups is 5. The number of nitrogens with two attached hydrogens (primary N) is 1. The van der Waals surface area contributed by atoms with Crippen LogP contribution in [0.3, 0.4) is 0 Å². The quantitative estimate of drug-likeness (QED) is 0.0820. The second-order valence-electron chi connectivity index (χ2n) is 7.27. The van der Waals surface area contributed by atoms with Crippen molar-refractivity contribution in [3.05, 3.63) is 12.7 Å². The molecule has 21 nitrogen and oxygen atoms in total. The van der Waals surface area contributed by atoms with E-state index >= 15 is 0 Å². The maximum absolute atomic E-state index is 10.4. The first kappa shape index (κ1) is 35.3. The average molecular weight is 587 g/mol. The van der Waals surface area contributed by atoms with Gasteiger partial charge in [-0.25, -0.2) is 24.3 Å². The Labute approximate surface area is 216 Å². The first-order valence-electron chi connectivity index (χ1n) is 10.0. The predicted octanol–water partition coefficient (Wildman–Crippen LogP) is -4.58. The fraction of sp³-hybridized carbons (Fsp3) is 0.471. The minimum atomic E-state index is -5.02. The Morgan fingerprint density at radius 3 is 1.97 bits per heavy atom. The van der Waals surface area contributed by atoms with Gasteiger partial charge in [0.05, 0.1) is 25.8 Å². The van der Waals surface area contributed by atoms with Crippen molar-refractivity contribution in [1.29, 1.82) is 0 Å². The molecular weight excluding hydrogens is 561 g/mol. The fourth-order valence-electron chi connectivity index (χ4n) is 2.35. The number of H-pyrrole nitrogens is 1. The first-order chi connectivity index (χ1) is 17.9. The third-order valence-electron chi connectivity index (χ3n) is 4.20. The molecule has 0 saturated heterocycles. The number of carbonyl (C=O) groups excluding carboxylic acids is 1. The summed E-state index contributed by atoms with van der Waals surface area (Å²) in [5.41, 5.74) is 4.04. The summed E-state index contributed by atoms with van der Waals surface area (Å²) in [5.74, 6) is -4.59. The maximum atomic E-state index is 10.4. The molecule has 39 heavy (non-hydrogen) atoms. The number of phosphoric acid groups is 1. The molecule has 2 rings (SSSR count). The standard InChI is InChI=1S/C6H13O9P.C6H8O7.C5H5N5/c7-1-3(9)5(10)6(11)4(2-8)15-16(12,13)14;7-3(8)1-6(13,5(11)12)2-4(9)10;6-4-3-5(9-1-7-3)10-2-8-4/h2-7,9-11H,1H2,(H2,12,13,14);13H,1-2H2,(H,7,8)(H,9,10)(H,11,12);1-2H,(H3,6,7,8,9,10). The molecule has 4 atom stereocenters. The van der Waals surface area contributed by atoms with Gasteiger partial charge in [-0.2, -0.15) is 0 Å². The molecule has 0 spiro atoms. The van der Waals surface area contributed by atoms with E-state index in [1.807, 2.05) is 0 Å². The van der Waals surface area contributed by atoms with Gasteiger partial charge in [-0.1, -0.05) is 0 Å². The number of aliphatic hydroxyl groups excluding tert-OH is 4. The molecule has 2 aromatic rings. The van der Waals surface area contributed by atoms with Gasteiger partial charge in [0.25, 0.3) is 0 Å². The van der Waals surface area contributed by atoms with Crippen molar-refractivity contribution < 1.29 is 78.9 Å². The van der Waals surface area contributed by atoms with E-state index in [9.17, 15) is 28.8 Å². The number of imidazole rings is 1. The largest absolute Gasteiger partial charge is 0.481 e. The molecule has 0 saturated carbocycles. The minimum absolute atomic E-state index is 0.142. The molecule has 0 amide bonds. The van der Waals surface area contributed by atoms with Crippen molar-refractivity contribution in [2.24, 2.45) is 0 Å². The molecule has 220 valence electrons. The smallest absolute Gasteiger partial charge is 0.470 e. The summed E-state index contributed by atoms with van der Waals surface area (Å²) in [6.45, 7) is -0.903. The number of nitrogens with one attached hydrogen (secondary N) is 1. The third kappa shape index (κ3) is 12.6. The Bertz CT molecular complexity index is 1140. The van der Waals surface area contributed by atoms with E-state index in [1.165, 1.54) is 12.7 Å². The van der Waals surface area contributed by atoms with E-state index in [1.54, 1.807) is 0 Å². The number of aromatic amines is 1. The lowest BCUT2D eigenvalue weighted by Crippen LogP contribution is -2.47. The molecule has 0 aliphatic heterocycles. The van der Waals surface area contributed by atoms with Gasteiger partial charge < -0.3 is 66.2 Å². The topological polar surface area (TPSA) is 377 Å². The highest BCUT2D eigenvalue weighted by atomic mass is 31.2. The average Bonchev–Trinajstić information content (AvgIpc) is 3.30. The van der Waals surface area contributed by atoms with Crippen LogP contribution in [0.4, 0.5) is 5.82 Å². The van der Waals surface area contributed by atoms with Crippen molar-refractivity contribution >= 4 is 49.0 Å². The summed E-state index contributed by atoms with van der Waals surface area (Å²) in [5, 5.41) is 69.5. The number of carboxylic acid groups (broad SMARTS) is 3. The first-order valence-corrected chi connectivity index (χ1v) is 11.5. The van der Waals surface area contributed by atoms with Crippen molar-refractivity contribution in [2.75, 3.05) is 12.3 Å². The lowest BCUT2D eigenvalue weighted by atomic mass is 9.96. The van der Waals surface area contributed by atoms with Crippen molar-refractivity contribution in [3.8, 4) is 0 Å². The van der Waals surface area contributed by atoms with Gasteiger partial charge in [-0.05, 0) is 0 Å². The Kier molecular flexibility index (Phi) is 14.2. The van der Waals surface area contributed by atoms with Gasteiger partial charge in [0, 0.05) is 0 Å². The minimum Gasteiger partial charge on any atom is -0.481 e. The predicted molar refractivity (Wildman–Crippen MR) is 121 cm³/mol. The SMILES string of the molecule is Nc1ncnc2nc[nH]c12.O=C(O)CC(O)(CC(=O)O)C(=O)O.O=CC(OP(=O)(O)O)C(O)C(O)C(O)CO. The van der Waals surface area contributed by atoms with Crippen LogP contribution in [0.2, 0.25) is 0 Å². The van der Waals surface area contributed by atoms with Crippen LogP contribution in [0.15, 0.2) is 12.7 Å². The lowest BCUT2D eigenvalue weighted by Gasteiger charge is -2.25. The molecular formula is C17H26N5O16P. The third-order valence-corrected chi connectivity index (χ3v) is 4.72. The van der Waals surface area contributed by atoms with Gasteiger partial charge in [0.2, 0.25) is 0 Å². The summed E-state index contributed by atoms with van der Waals surface area (Å²) in [6, 6.07) is 0. The Morgan fingerprint density at radius 1 is 1.05 bits per heavy atom. The number of aldehydes is 1. The number of hydrogen-bond acceptors (Lipinski definition) is 15. The number of aliphatic carboxylic acids is 3. The Balaban J connectivity index is 0.000000567. The van der Waals surface area contributed by atoms with Crippen LogP contribution in [0.5, 0.6) is 0 Å². The molecule has 0 bridgehead atoms. The van der Waals surface area contributed by atoms with E-state index in [4.69, 9.17) is 51.3 Å². The molecule has 0 aliphatic rings. The van der Waals surface area contributed by atoms with Crippen molar-refractivity contribution in [1.82, 2.24) is 19.9 Å². The summed E-state index contributed by atoms with van der Waals surface area (Å²) in [4.78, 5) is 71.9. The van der Waals surface area contributed by atoms with Crippen LogP contribution in [0.25, 0.3) is 11.2 Å². The number of nitrogens with zero attached hydrogens (tertiary/aromatic N) is 3. The van der Waals surface area contributed by atoms with Crippen LogP contribution in [0, 0.1) is 0 Å². The highest BCUT2D eigenvalue weighted by Crippen LogP contribution is 2.38. The van der Waals surface area contributed by atoms with Gasteiger partial charge in [-0.15, -0.1) is 0 Å². The second-order valence-corrected chi connectivity index (χ2v) is 8.46. The fourth-order valence-corrected chi connectivity index (χ4v) is 2.85. The van der Waals surface area contributed by atoms with Crippen molar-refractivity contribution in [2.45, 2.75) is 42.9 Å². The summed E-state index contributed by atoms with van der Waals surface area (Å²) in [7, 11) is -5.02. The number of carbonyl (C=O) groups is 4. The van der Waals surface area contributed by atoms with Crippen LogP contribution in [0.1, 0.15) is 12.8 Å². The number of hydrogen-bond donors (Lipinski definition) is 12. The summed E-state index contributed by atoms with van der Waals surface area (Å²) < 4.78 is 14.2. The summed E-state index contributed by atoms with van der Waals surface area (Å²) in [6.07, 6.45) is -7.34. The van der Waals surface area contributed by atoms with Crippen LogP contribution >= 0.6 is 7.82 Å².